The topological polar surface area (TPSA) is 36.0 Å². The summed E-state index contributed by atoms with van der Waals surface area (Å²) in [4.78, 5) is 20.0. The quantitative estimate of drug-likeness (QED) is 0.653. The maximum Gasteiger partial charge on any atom is 0.242 e. The third-order valence-electron chi connectivity index (χ3n) is 5.50. The number of rotatable bonds is 9. The van der Waals surface area contributed by atoms with Crippen molar-refractivity contribution in [2.24, 2.45) is 0 Å². The van der Waals surface area contributed by atoms with E-state index in [1.165, 1.54) is 0 Å². The zero-order valence-corrected chi connectivity index (χ0v) is 17.7. The highest BCUT2D eigenvalue weighted by Gasteiger charge is 2.25. The number of hydrogen-bond donors (Lipinski definition) is 0. The first-order valence-electron chi connectivity index (χ1n) is 10.6. The monoisotopic (exact) mass is 395 g/mol. The summed E-state index contributed by atoms with van der Waals surface area (Å²) in [5.74, 6) is 0.167. The van der Waals surface area contributed by atoms with E-state index < -0.39 is 0 Å². The summed E-state index contributed by atoms with van der Waals surface area (Å²) in [5.41, 5.74) is 2.25. The van der Waals surface area contributed by atoms with Gasteiger partial charge in [0.15, 0.2) is 0 Å². The minimum atomic E-state index is 0.135. The van der Waals surface area contributed by atoms with Gasteiger partial charge in [0.2, 0.25) is 5.91 Å². The third kappa shape index (κ3) is 6.31. The first-order valence-corrected chi connectivity index (χ1v) is 10.6. The Morgan fingerprint density at radius 3 is 2.28 bits per heavy atom. The lowest BCUT2D eigenvalue weighted by Crippen LogP contribution is -2.50. The van der Waals surface area contributed by atoms with Gasteiger partial charge in [-0.15, -0.1) is 0 Å². The molecule has 5 heteroatoms. The van der Waals surface area contributed by atoms with Gasteiger partial charge in [0.05, 0.1) is 19.8 Å². The third-order valence-corrected chi connectivity index (χ3v) is 5.50. The second-order valence-corrected chi connectivity index (χ2v) is 7.62. The van der Waals surface area contributed by atoms with Crippen LogP contribution in [0.15, 0.2) is 60.7 Å². The number of carbonyl (C=O) groups is 1. The largest absolute Gasteiger partial charge is 0.379 e. The molecule has 0 radical (unpaired) electrons. The van der Waals surface area contributed by atoms with Crippen molar-refractivity contribution in [3.63, 3.8) is 0 Å². The molecule has 1 atom stereocenters. The molecular weight excluding hydrogens is 362 g/mol. The minimum absolute atomic E-state index is 0.135. The van der Waals surface area contributed by atoms with Crippen molar-refractivity contribution in [3.05, 3.63) is 66.2 Å². The van der Waals surface area contributed by atoms with E-state index in [4.69, 9.17) is 4.74 Å². The van der Waals surface area contributed by atoms with Crippen LogP contribution in [0.5, 0.6) is 0 Å². The van der Waals surface area contributed by atoms with Gasteiger partial charge >= 0.3 is 0 Å². The smallest absolute Gasteiger partial charge is 0.242 e. The highest BCUT2D eigenvalue weighted by molar-refractivity contribution is 5.81. The van der Waals surface area contributed by atoms with E-state index in [1.54, 1.807) is 0 Å². The molecule has 1 aliphatic heterocycles. The molecule has 3 rings (SSSR count). The Bertz CT molecular complexity index is 732. The molecule has 1 fully saturated rings. The Labute approximate surface area is 174 Å². The molecule has 1 saturated heterocycles. The Morgan fingerprint density at radius 1 is 1.03 bits per heavy atom. The van der Waals surface area contributed by atoms with Crippen LogP contribution in [0.2, 0.25) is 0 Å². The lowest BCUT2D eigenvalue weighted by atomic mass is 10.1. The number of likely N-dealkylation sites (N-methyl/N-ethyl adjacent to an activating group) is 1. The van der Waals surface area contributed by atoms with Crippen LogP contribution in [0.4, 0.5) is 5.69 Å². The number of para-hydroxylation sites is 1. The van der Waals surface area contributed by atoms with Crippen LogP contribution in [0, 0.1) is 0 Å². The fourth-order valence-corrected chi connectivity index (χ4v) is 3.80. The first-order chi connectivity index (χ1) is 14.2. The summed E-state index contributed by atoms with van der Waals surface area (Å²) in [7, 11) is 0. The van der Waals surface area contributed by atoms with Gasteiger partial charge in [-0.3, -0.25) is 9.69 Å². The molecule has 0 saturated carbocycles. The molecule has 1 unspecified atom stereocenters. The van der Waals surface area contributed by atoms with Gasteiger partial charge in [-0.1, -0.05) is 48.5 Å². The number of benzene rings is 2. The summed E-state index contributed by atoms with van der Waals surface area (Å²) in [6, 6.07) is 20.6. The average molecular weight is 396 g/mol. The maximum absolute atomic E-state index is 13.4. The maximum atomic E-state index is 13.4. The second kappa shape index (κ2) is 11.0. The van der Waals surface area contributed by atoms with Crippen LogP contribution in [0.1, 0.15) is 19.4 Å². The van der Waals surface area contributed by atoms with Crippen LogP contribution in [-0.4, -0.2) is 67.7 Å². The van der Waals surface area contributed by atoms with E-state index in [2.05, 4.69) is 47.9 Å². The lowest BCUT2D eigenvalue weighted by Gasteiger charge is -2.36. The molecule has 2 aromatic rings. The Kier molecular flexibility index (Phi) is 8.08. The van der Waals surface area contributed by atoms with Crippen molar-refractivity contribution in [1.29, 1.82) is 0 Å². The molecule has 29 heavy (non-hydrogen) atoms. The molecule has 1 amide bonds. The molecule has 0 aromatic heterocycles. The highest BCUT2D eigenvalue weighted by Crippen LogP contribution is 2.16. The van der Waals surface area contributed by atoms with Gasteiger partial charge in [0.25, 0.3) is 0 Å². The summed E-state index contributed by atoms with van der Waals surface area (Å²) >= 11 is 0. The summed E-state index contributed by atoms with van der Waals surface area (Å²) in [6.45, 7) is 10.4. The highest BCUT2D eigenvalue weighted by atomic mass is 16.5. The minimum Gasteiger partial charge on any atom is -0.379 e. The summed E-state index contributed by atoms with van der Waals surface area (Å²) < 4.78 is 5.47. The Balaban J connectivity index is 1.72. The number of ether oxygens (including phenoxy) is 1. The number of anilines is 1. The van der Waals surface area contributed by atoms with Crippen LogP contribution in [0.25, 0.3) is 0 Å². The zero-order valence-electron chi connectivity index (χ0n) is 17.7. The van der Waals surface area contributed by atoms with Gasteiger partial charge in [-0.25, -0.2) is 0 Å². The molecule has 156 valence electrons. The first kappa shape index (κ1) is 21.3. The van der Waals surface area contributed by atoms with E-state index in [1.807, 2.05) is 41.3 Å². The summed E-state index contributed by atoms with van der Waals surface area (Å²) in [5, 5.41) is 0. The molecular formula is C24H33N3O2. The average Bonchev–Trinajstić information content (AvgIpc) is 2.77. The fourth-order valence-electron chi connectivity index (χ4n) is 3.80. The molecule has 0 N–H and O–H groups in total. The fraction of sp³-hybridized carbons (Fsp3) is 0.458. The van der Waals surface area contributed by atoms with Crippen molar-refractivity contribution >= 4 is 11.6 Å². The van der Waals surface area contributed by atoms with Crippen molar-refractivity contribution in [2.75, 3.05) is 50.8 Å². The van der Waals surface area contributed by atoms with Gasteiger partial charge in [-0.2, -0.15) is 0 Å². The molecule has 0 bridgehead atoms. The molecule has 2 aromatic carbocycles. The molecule has 0 aliphatic carbocycles. The lowest BCUT2D eigenvalue weighted by molar-refractivity contribution is -0.133. The van der Waals surface area contributed by atoms with Gasteiger partial charge in [-0.05, 0) is 31.5 Å². The van der Waals surface area contributed by atoms with Gasteiger partial charge < -0.3 is 14.5 Å². The number of morpholine rings is 1. The standard InChI is InChI=1S/C24H33N3O2/c1-3-26(23-12-8-5-9-13-23)20-24(28)27(19-22-10-6-4-7-11-22)21(2)18-25-14-16-29-17-15-25/h4-13,21H,3,14-20H2,1-2H3. The van der Waals surface area contributed by atoms with E-state index >= 15 is 0 Å². The molecule has 5 nitrogen and oxygen atoms in total. The van der Waals surface area contributed by atoms with Crippen LogP contribution in [0.3, 0.4) is 0 Å². The van der Waals surface area contributed by atoms with Crippen molar-refractivity contribution < 1.29 is 9.53 Å². The van der Waals surface area contributed by atoms with Crippen LogP contribution >= 0.6 is 0 Å². The zero-order chi connectivity index (χ0) is 20.5. The second-order valence-electron chi connectivity index (χ2n) is 7.62. The number of amides is 1. The van der Waals surface area contributed by atoms with Crippen molar-refractivity contribution in [2.45, 2.75) is 26.4 Å². The van der Waals surface area contributed by atoms with Crippen molar-refractivity contribution in [1.82, 2.24) is 9.80 Å². The predicted molar refractivity (Wildman–Crippen MR) is 118 cm³/mol. The molecule has 1 heterocycles. The van der Waals surface area contributed by atoms with Gasteiger partial charge in [0, 0.05) is 44.5 Å². The number of carbonyl (C=O) groups excluding carboxylic acids is 1. The molecule has 0 spiro atoms. The van der Waals surface area contributed by atoms with Crippen molar-refractivity contribution in [3.8, 4) is 0 Å². The number of hydrogen-bond acceptors (Lipinski definition) is 4. The molecule has 1 aliphatic rings. The van der Waals surface area contributed by atoms with E-state index in [0.717, 1.165) is 50.6 Å². The Hall–Kier alpha value is -2.37. The summed E-state index contributed by atoms with van der Waals surface area (Å²) in [6.07, 6.45) is 0. The van der Waals surface area contributed by atoms with Crippen LogP contribution in [-0.2, 0) is 16.1 Å². The van der Waals surface area contributed by atoms with E-state index in [0.29, 0.717) is 13.1 Å². The van der Waals surface area contributed by atoms with E-state index in [9.17, 15) is 4.79 Å². The van der Waals surface area contributed by atoms with Gasteiger partial charge in [0.1, 0.15) is 0 Å². The predicted octanol–water partition coefficient (Wildman–Crippen LogP) is 3.26. The normalized spacial score (nSPS) is 15.7. The Morgan fingerprint density at radius 2 is 1.66 bits per heavy atom. The van der Waals surface area contributed by atoms with Crippen LogP contribution < -0.4 is 4.90 Å². The SMILES string of the molecule is CCN(CC(=O)N(Cc1ccccc1)C(C)CN1CCOCC1)c1ccccc1. The number of nitrogens with zero attached hydrogens (tertiary/aromatic N) is 3. The van der Waals surface area contributed by atoms with E-state index in [-0.39, 0.29) is 11.9 Å².